The Balaban J connectivity index is 1.60. The van der Waals surface area contributed by atoms with Crippen molar-refractivity contribution in [2.75, 3.05) is 13.2 Å². The van der Waals surface area contributed by atoms with Crippen LogP contribution in [0.15, 0.2) is 48.5 Å². The van der Waals surface area contributed by atoms with Gasteiger partial charge in [0, 0.05) is 13.0 Å². The minimum Gasteiger partial charge on any atom is -0.441 e. The summed E-state index contributed by atoms with van der Waals surface area (Å²) >= 11 is 0. The summed E-state index contributed by atoms with van der Waals surface area (Å²) < 4.78 is 23.9. The fraction of sp³-hybridized carbons (Fsp3) is 0.364. The standard InChI is InChI=1S/C22H23FN2O5/c23-15-7-5-14(6-8-15)20-16-4-2-1-3-13(16)9-10-25(20)21(27)18-11-17(26)19(12-29-18)30-22(24)28/h1-8,17-20,26H,9-12H2,(H2,24,28)/t17-,18-,19+,20-/m0/s1. The molecule has 2 aliphatic heterocycles. The van der Waals surface area contributed by atoms with Gasteiger partial charge in [-0.15, -0.1) is 0 Å². The number of benzene rings is 2. The van der Waals surface area contributed by atoms with Crippen molar-refractivity contribution in [3.8, 4) is 0 Å². The van der Waals surface area contributed by atoms with Crippen molar-refractivity contribution in [2.45, 2.75) is 37.2 Å². The van der Waals surface area contributed by atoms with E-state index in [1.807, 2.05) is 24.3 Å². The highest BCUT2D eigenvalue weighted by molar-refractivity contribution is 5.82. The molecule has 30 heavy (non-hydrogen) atoms. The van der Waals surface area contributed by atoms with Crippen LogP contribution in [-0.4, -0.2) is 53.5 Å². The molecule has 2 amide bonds. The molecule has 3 N–H and O–H groups in total. The summed E-state index contributed by atoms with van der Waals surface area (Å²) in [5, 5.41) is 10.3. The third kappa shape index (κ3) is 4.01. The van der Waals surface area contributed by atoms with Crippen LogP contribution in [0, 0.1) is 5.82 Å². The van der Waals surface area contributed by atoms with Crippen LogP contribution >= 0.6 is 0 Å². The van der Waals surface area contributed by atoms with Gasteiger partial charge in [-0.1, -0.05) is 36.4 Å². The molecule has 0 aromatic heterocycles. The first kappa shape index (κ1) is 20.3. The van der Waals surface area contributed by atoms with E-state index in [0.29, 0.717) is 13.0 Å². The van der Waals surface area contributed by atoms with Crippen molar-refractivity contribution in [3.63, 3.8) is 0 Å². The van der Waals surface area contributed by atoms with Gasteiger partial charge in [0.25, 0.3) is 5.91 Å². The molecule has 0 bridgehead atoms. The molecule has 4 atom stereocenters. The highest BCUT2D eigenvalue weighted by Crippen LogP contribution is 2.36. The van der Waals surface area contributed by atoms with E-state index in [1.165, 1.54) is 12.1 Å². The molecule has 7 nitrogen and oxygen atoms in total. The van der Waals surface area contributed by atoms with E-state index in [0.717, 1.165) is 16.7 Å². The lowest BCUT2D eigenvalue weighted by atomic mass is 9.87. The number of rotatable bonds is 3. The van der Waals surface area contributed by atoms with Crippen LogP contribution in [0.3, 0.4) is 0 Å². The zero-order valence-electron chi connectivity index (χ0n) is 16.2. The number of aliphatic hydroxyl groups excluding tert-OH is 1. The van der Waals surface area contributed by atoms with Gasteiger partial charge in [0.1, 0.15) is 11.9 Å². The lowest BCUT2D eigenvalue weighted by molar-refractivity contribution is -0.164. The lowest BCUT2D eigenvalue weighted by Gasteiger charge is -2.41. The van der Waals surface area contributed by atoms with Gasteiger partial charge >= 0.3 is 6.09 Å². The van der Waals surface area contributed by atoms with Gasteiger partial charge in [0.15, 0.2) is 6.10 Å². The summed E-state index contributed by atoms with van der Waals surface area (Å²) in [5.41, 5.74) is 7.92. The van der Waals surface area contributed by atoms with Crippen molar-refractivity contribution in [2.24, 2.45) is 5.73 Å². The monoisotopic (exact) mass is 414 g/mol. The van der Waals surface area contributed by atoms with E-state index < -0.39 is 24.4 Å². The number of ether oxygens (including phenoxy) is 2. The average molecular weight is 414 g/mol. The Labute approximate surface area is 173 Å². The molecule has 0 saturated carbocycles. The molecule has 8 heteroatoms. The number of nitrogens with two attached hydrogens (primary N) is 1. The molecule has 2 aliphatic rings. The highest BCUT2D eigenvalue weighted by atomic mass is 19.1. The van der Waals surface area contributed by atoms with Crippen molar-refractivity contribution in [1.82, 2.24) is 4.90 Å². The number of halogens is 1. The second kappa shape index (κ2) is 8.41. The summed E-state index contributed by atoms with van der Waals surface area (Å²) in [6, 6.07) is 13.6. The van der Waals surface area contributed by atoms with E-state index in [-0.39, 0.29) is 30.8 Å². The van der Waals surface area contributed by atoms with Crippen molar-refractivity contribution >= 4 is 12.0 Å². The zero-order valence-corrected chi connectivity index (χ0v) is 16.2. The van der Waals surface area contributed by atoms with Crippen LogP contribution in [0.4, 0.5) is 9.18 Å². The largest absolute Gasteiger partial charge is 0.441 e. The summed E-state index contributed by atoms with van der Waals surface area (Å²) in [6.07, 6.45) is -3.16. The second-order valence-corrected chi connectivity index (χ2v) is 7.53. The molecule has 4 rings (SSSR count). The summed E-state index contributed by atoms with van der Waals surface area (Å²) in [6.45, 7) is 0.348. The predicted octanol–water partition coefficient (Wildman–Crippen LogP) is 1.91. The van der Waals surface area contributed by atoms with E-state index in [2.05, 4.69) is 0 Å². The topological polar surface area (TPSA) is 102 Å². The number of carbonyl (C=O) groups is 2. The van der Waals surface area contributed by atoms with Gasteiger partial charge in [0.2, 0.25) is 0 Å². The maximum absolute atomic E-state index is 13.5. The fourth-order valence-corrected chi connectivity index (χ4v) is 4.19. The van der Waals surface area contributed by atoms with Gasteiger partial charge in [-0.3, -0.25) is 4.79 Å². The molecule has 0 spiro atoms. The molecule has 2 heterocycles. The lowest BCUT2D eigenvalue weighted by Crippen LogP contribution is -2.52. The predicted molar refractivity (Wildman–Crippen MR) is 105 cm³/mol. The van der Waals surface area contributed by atoms with E-state index in [1.54, 1.807) is 17.0 Å². The number of fused-ring (bicyclic) bond motifs is 1. The Morgan fingerprint density at radius 1 is 1.17 bits per heavy atom. The first-order valence-corrected chi connectivity index (χ1v) is 9.83. The number of nitrogens with zero attached hydrogens (tertiary/aromatic N) is 1. The molecule has 0 unspecified atom stereocenters. The van der Waals surface area contributed by atoms with Crippen LogP contribution in [0.1, 0.15) is 29.2 Å². The molecule has 2 aromatic carbocycles. The van der Waals surface area contributed by atoms with E-state index >= 15 is 0 Å². The maximum atomic E-state index is 13.5. The molecule has 0 aliphatic carbocycles. The van der Waals surface area contributed by atoms with Crippen LogP contribution in [0.5, 0.6) is 0 Å². The SMILES string of the molecule is NC(=O)O[C@@H]1CO[C@H](C(=O)N2CCc3ccccc3[C@@H]2c2ccc(F)cc2)C[C@@H]1O. The van der Waals surface area contributed by atoms with Gasteiger partial charge in [0.05, 0.1) is 18.8 Å². The smallest absolute Gasteiger partial charge is 0.404 e. The number of hydrogen-bond acceptors (Lipinski definition) is 5. The number of hydrogen-bond donors (Lipinski definition) is 2. The Hall–Kier alpha value is -2.97. The van der Waals surface area contributed by atoms with Crippen molar-refractivity contribution in [1.29, 1.82) is 0 Å². The molecular weight excluding hydrogens is 391 g/mol. The van der Waals surface area contributed by atoms with Crippen LogP contribution in [0.2, 0.25) is 0 Å². The van der Waals surface area contributed by atoms with E-state index in [9.17, 15) is 19.1 Å². The van der Waals surface area contributed by atoms with Gasteiger partial charge < -0.3 is 25.2 Å². The van der Waals surface area contributed by atoms with Crippen molar-refractivity contribution in [3.05, 3.63) is 71.0 Å². The molecule has 2 aromatic rings. The second-order valence-electron chi connectivity index (χ2n) is 7.53. The summed E-state index contributed by atoms with van der Waals surface area (Å²) in [5.74, 6) is -0.615. The third-order valence-electron chi connectivity index (χ3n) is 5.64. The van der Waals surface area contributed by atoms with Crippen LogP contribution < -0.4 is 5.73 Å². The molecule has 0 radical (unpaired) electrons. The highest BCUT2D eigenvalue weighted by Gasteiger charge is 2.41. The maximum Gasteiger partial charge on any atom is 0.404 e. The molecular formula is C22H23FN2O5. The van der Waals surface area contributed by atoms with Crippen LogP contribution in [0.25, 0.3) is 0 Å². The van der Waals surface area contributed by atoms with Crippen molar-refractivity contribution < 1.29 is 28.6 Å². The molecule has 1 fully saturated rings. The first-order valence-electron chi connectivity index (χ1n) is 9.83. The Morgan fingerprint density at radius 2 is 1.90 bits per heavy atom. The normalized spacial score (nSPS) is 26.0. The van der Waals surface area contributed by atoms with Gasteiger partial charge in [-0.2, -0.15) is 0 Å². The fourth-order valence-electron chi connectivity index (χ4n) is 4.19. The minimum absolute atomic E-state index is 0.00886. The molecule has 158 valence electrons. The summed E-state index contributed by atoms with van der Waals surface area (Å²) in [7, 11) is 0. The van der Waals surface area contributed by atoms with Gasteiger partial charge in [-0.05, 0) is 35.2 Å². The first-order chi connectivity index (χ1) is 14.4. The van der Waals surface area contributed by atoms with Crippen LogP contribution in [-0.2, 0) is 20.7 Å². The average Bonchev–Trinajstić information content (AvgIpc) is 2.74. The molecule has 1 saturated heterocycles. The van der Waals surface area contributed by atoms with E-state index in [4.69, 9.17) is 15.2 Å². The number of carbonyl (C=O) groups excluding carboxylic acids is 2. The summed E-state index contributed by atoms with van der Waals surface area (Å²) in [4.78, 5) is 26.0. The Bertz CT molecular complexity index is 935. The number of amides is 2. The quantitative estimate of drug-likeness (QED) is 0.799. The minimum atomic E-state index is -1.05. The third-order valence-corrected chi connectivity index (χ3v) is 5.64. The number of primary amides is 1. The zero-order chi connectivity index (χ0) is 21.3. The van der Waals surface area contributed by atoms with Gasteiger partial charge in [-0.25, -0.2) is 9.18 Å². The number of aliphatic hydroxyl groups is 1. The Morgan fingerprint density at radius 3 is 2.60 bits per heavy atom. The Kier molecular flexibility index (Phi) is 5.69.